The van der Waals surface area contributed by atoms with Gasteiger partial charge in [0.05, 0.1) is 0 Å². The van der Waals surface area contributed by atoms with Gasteiger partial charge in [0.1, 0.15) is 0 Å². The number of hydrogen-bond donors (Lipinski definition) is 0. The summed E-state index contributed by atoms with van der Waals surface area (Å²) in [5.41, 5.74) is 6.11. The van der Waals surface area contributed by atoms with Gasteiger partial charge in [-0.2, -0.15) is 11.3 Å². The zero-order valence-electron chi connectivity index (χ0n) is 15.9. The van der Waals surface area contributed by atoms with Gasteiger partial charge in [0, 0.05) is 37.8 Å². The van der Waals surface area contributed by atoms with E-state index in [4.69, 9.17) is 0 Å². The van der Waals surface area contributed by atoms with Crippen molar-refractivity contribution < 1.29 is 4.79 Å². The zero-order valence-corrected chi connectivity index (χ0v) is 16.7. The number of likely N-dealkylation sites (tertiary alicyclic amines) is 1. The molecule has 0 radical (unpaired) electrons. The lowest BCUT2D eigenvalue weighted by molar-refractivity contribution is 0.0773. The molecule has 3 heterocycles. The van der Waals surface area contributed by atoms with Crippen LogP contribution in [-0.2, 0) is 13.0 Å². The van der Waals surface area contributed by atoms with Gasteiger partial charge in [0.2, 0.25) is 0 Å². The number of carbonyl (C=O) groups is 1. The summed E-state index contributed by atoms with van der Waals surface area (Å²) in [6.45, 7) is 3.80. The maximum atomic E-state index is 13.0. The highest BCUT2D eigenvalue weighted by atomic mass is 32.1. The van der Waals surface area contributed by atoms with Gasteiger partial charge in [-0.15, -0.1) is 0 Å². The highest BCUT2D eigenvalue weighted by Crippen LogP contribution is 2.26. The molecule has 3 aromatic rings. The van der Waals surface area contributed by atoms with Crippen molar-refractivity contribution in [2.75, 3.05) is 19.6 Å². The molecule has 0 aliphatic carbocycles. The van der Waals surface area contributed by atoms with Crippen molar-refractivity contribution in [1.29, 1.82) is 0 Å². The number of fused-ring (bicyclic) bond motifs is 1. The lowest BCUT2D eigenvalue weighted by Gasteiger charge is -2.33. The van der Waals surface area contributed by atoms with E-state index in [1.165, 1.54) is 22.3 Å². The van der Waals surface area contributed by atoms with Gasteiger partial charge in [-0.3, -0.25) is 9.69 Å². The predicted octanol–water partition coefficient (Wildman–Crippen LogP) is 4.69. The van der Waals surface area contributed by atoms with Crippen LogP contribution < -0.4 is 0 Å². The molecule has 0 unspecified atom stereocenters. The molecule has 0 N–H and O–H groups in total. The fourth-order valence-electron chi connectivity index (χ4n) is 4.47. The first-order valence-corrected chi connectivity index (χ1v) is 10.9. The monoisotopic (exact) mass is 388 g/mol. The first-order chi connectivity index (χ1) is 13.8. The summed E-state index contributed by atoms with van der Waals surface area (Å²) < 4.78 is 0. The lowest BCUT2D eigenvalue weighted by atomic mass is 9.98. The summed E-state index contributed by atoms with van der Waals surface area (Å²) in [5, 5.41) is 4.22. The molecule has 2 aliphatic heterocycles. The van der Waals surface area contributed by atoms with Gasteiger partial charge in [0.25, 0.3) is 5.91 Å². The van der Waals surface area contributed by atoms with Crippen molar-refractivity contribution in [3.63, 3.8) is 0 Å². The third-order valence-electron chi connectivity index (χ3n) is 6.11. The molecule has 1 saturated heterocycles. The fourth-order valence-corrected chi connectivity index (χ4v) is 5.14. The van der Waals surface area contributed by atoms with Gasteiger partial charge >= 0.3 is 0 Å². The first-order valence-electron chi connectivity index (χ1n) is 10.0. The third-order valence-corrected chi connectivity index (χ3v) is 6.80. The minimum absolute atomic E-state index is 0.164. The molecule has 2 aromatic carbocycles. The summed E-state index contributed by atoms with van der Waals surface area (Å²) in [6, 6.07) is 19.4. The number of benzene rings is 2. The van der Waals surface area contributed by atoms with Crippen LogP contribution in [0.4, 0.5) is 0 Å². The van der Waals surface area contributed by atoms with E-state index in [0.29, 0.717) is 6.04 Å². The van der Waals surface area contributed by atoms with Crippen LogP contribution in [0.5, 0.6) is 0 Å². The normalized spacial score (nSPS) is 19.6. The molecule has 1 amide bonds. The van der Waals surface area contributed by atoms with E-state index in [0.717, 1.165) is 44.6 Å². The second-order valence-electron chi connectivity index (χ2n) is 7.77. The second-order valence-corrected chi connectivity index (χ2v) is 8.55. The van der Waals surface area contributed by atoms with Crippen molar-refractivity contribution in [2.45, 2.75) is 25.4 Å². The van der Waals surface area contributed by atoms with Gasteiger partial charge in [-0.25, -0.2) is 0 Å². The highest BCUT2D eigenvalue weighted by Gasteiger charge is 2.32. The molecule has 28 heavy (non-hydrogen) atoms. The maximum absolute atomic E-state index is 13.0. The molecule has 142 valence electrons. The van der Waals surface area contributed by atoms with Crippen molar-refractivity contribution in [3.05, 3.63) is 82.0 Å². The van der Waals surface area contributed by atoms with Crippen LogP contribution in [0.25, 0.3) is 11.1 Å². The van der Waals surface area contributed by atoms with Crippen LogP contribution in [0.15, 0.2) is 65.4 Å². The number of rotatable bonds is 3. The Hall–Kier alpha value is -2.43. The maximum Gasteiger partial charge on any atom is 0.253 e. The van der Waals surface area contributed by atoms with Crippen molar-refractivity contribution in [3.8, 4) is 11.1 Å². The van der Waals surface area contributed by atoms with Crippen molar-refractivity contribution in [2.24, 2.45) is 0 Å². The molecule has 0 bridgehead atoms. The molecule has 3 nitrogen and oxygen atoms in total. The molecule has 1 fully saturated rings. The Morgan fingerprint density at radius 2 is 1.75 bits per heavy atom. The van der Waals surface area contributed by atoms with Crippen LogP contribution in [0.2, 0.25) is 0 Å². The average molecular weight is 389 g/mol. The van der Waals surface area contributed by atoms with E-state index >= 15 is 0 Å². The standard InChI is InChI=1S/C24H24N2OS/c27-24(20-7-5-19(6-8-20)22-11-14-28-17-22)26-13-10-23(16-26)25-12-9-18-3-1-2-4-21(18)15-25/h1-8,11,14,17,23H,9-10,12-13,15-16H2/t23-/m1/s1. The number of amides is 1. The number of hydrogen-bond acceptors (Lipinski definition) is 3. The van der Waals surface area contributed by atoms with Crippen LogP contribution >= 0.6 is 11.3 Å². The highest BCUT2D eigenvalue weighted by molar-refractivity contribution is 7.08. The predicted molar refractivity (Wildman–Crippen MR) is 115 cm³/mol. The molecular formula is C24H24N2OS. The Kier molecular flexibility index (Phi) is 4.75. The number of carbonyl (C=O) groups excluding carboxylic acids is 1. The van der Waals surface area contributed by atoms with Crippen LogP contribution in [0, 0.1) is 0 Å². The SMILES string of the molecule is O=C(c1ccc(-c2ccsc2)cc1)N1CC[C@@H](N2CCc3ccccc3C2)C1. The largest absolute Gasteiger partial charge is 0.337 e. The Morgan fingerprint density at radius 3 is 2.54 bits per heavy atom. The average Bonchev–Trinajstić information content (AvgIpc) is 3.45. The summed E-state index contributed by atoms with van der Waals surface area (Å²) in [6.07, 6.45) is 2.19. The fraction of sp³-hybridized carbons (Fsp3) is 0.292. The van der Waals surface area contributed by atoms with Gasteiger partial charge in [0.15, 0.2) is 0 Å². The Labute approximate surface area is 170 Å². The molecule has 1 atom stereocenters. The van der Waals surface area contributed by atoms with Gasteiger partial charge in [-0.1, -0.05) is 36.4 Å². The van der Waals surface area contributed by atoms with E-state index < -0.39 is 0 Å². The smallest absolute Gasteiger partial charge is 0.253 e. The van der Waals surface area contributed by atoms with Gasteiger partial charge < -0.3 is 4.90 Å². The molecule has 0 spiro atoms. The summed E-state index contributed by atoms with van der Waals surface area (Å²) in [4.78, 5) is 17.6. The van der Waals surface area contributed by atoms with Crippen LogP contribution in [0.3, 0.4) is 0 Å². The lowest BCUT2D eigenvalue weighted by Crippen LogP contribution is -2.41. The molecule has 2 aliphatic rings. The summed E-state index contributed by atoms with van der Waals surface area (Å²) >= 11 is 1.69. The van der Waals surface area contributed by atoms with Crippen LogP contribution in [-0.4, -0.2) is 41.4 Å². The molecule has 4 heteroatoms. The second kappa shape index (κ2) is 7.53. The minimum Gasteiger partial charge on any atom is -0.337 e. The van der Waals surface area contributed by atoms with Crippen molar-refractivity contribution in [1.82, 2.24) is 9.80 Å². The van der Waals surface area contributed by atoms with E-state index in [1.807, 2.05) is 17.0 Å². The van der Waals surface area contributed by atoms with E-state index in [-0.39, 0.29) is 5.91 Å². The Bertz CT molecular complexity index is 965. The molecule has 0 saturated carbocycles. The van der Waals surface area contributed by atoms with E-state index in [2.05, 4.69) is 58.1 Å². The Balaban J connectivity index is 1.24. The first kappa shape index (κ1) is 17.7. The number of thiophene rings is 1. The van der Waals surface area contributed by atoms with E-state index in [1.54, 1.807) is 11.3 Å². The summed E-state index contributed by atoms with van der Waals surface area (Å²) in [5.74, 6) is 0.164. The Morgan fingerprint density at radius 1 is 0.929 bits per heavy atom. The van der Waals surface area contributed by atoms with Gasteiger partial charge in [-0.05, 0) is 64.1 Å². The molecule has 1 aromatic heterocycles. The zero-order chi connectivity index (χ0) is 18.9. The molecule has 5 rings (SSSR count). The quantitative estimate of drug-likeness (QED) is 0.650. The third kappa shape index (κ3) is 3.38. The topological polar surface area (TPSA) is 23.6 Å². The molecular weight excluding hydrogens is 364 g/mol. The number of nitrogens with zero attached hydrogens (tertiary/aromatic N) is 2. The minimum atomic E-state index is 0.164. The van der Waals surface area contributed by atoms with Crippen LogP contribution in [0.1, 0.15) is 27.9 Å². The van der Waals surface area contributed by atoms with Crippen molar-refractivity contribution >= 4 is 17.2 Å². The summed E-state index contributed by atoms with van der Waals surface area (Å²) in [7, 11) is 0. The van der Waals surface area contributed by atoms with E-state index in [9.17, 15) is 4.79 Å².